The van der Waals surface area contributed by atoms with Gasteiger partial charge in [0.1, 0.15) is 0 Å². The third-order valence-corrected chi connectivity index (χ3v) is 3.34. The van der Waals surface area contributed by atoms with Gasteiger partial charge in [-0.1, -0.05) is 51.4 Å². The van der Waals surface area contributed by atoms with Crippen LogP contribution in [0.15, 0.2) is 0 Å². The molecule has 0 aliphatic carbocycles. The van der Waals surface area contributed by atoms with Gasteiger partial charge in [-0.3, -0.25) is 9.59 Å². The van der Waals surface area contributed by atoms with Crippen molar-refractivity contribution in [3.05, 3.63) is 0 Å². The maximum Gasteiger partial charge on any atom is 0.306 e. The highest BCUT2D eigenvalue weighted by molar-refractivity contribution is 5.70. The lowest BCUT2D eigenvalue weighted by atomic mass is 10.1. The van der Waals surface area contributed by atoms with Crippen molar-refractivity contribution in [1.29, 1.82) is 0 Å². The molecule has 0 saturated heterocycles. The number of hydrogen-bond acceptors (Lipinski definition) is 4. The molecule has 0 aliphatic heterocycles. The zero-order valence-electron chi connectivity index (χ0n) is 13.9. The number of rotatable bonds is 14. The Kier molecular flexibility index (Phi) is 14.8. The van der Waals surface area contributed by atoms with Crippen LogP contribution >= 0.6 is 0 Å². The van der Waals surface area contributed by atoms with Crippen molar-refractivity contribution in [3.63, 3.8) is 0 Å². The highest BCUT2D eigenvalue weighted by atomic mass is 16.5. The molecule has 0 N–H and O–H groups in total. The molecule has 0 fully saturated rings. The summed E-state index contributed by atoms with van der Waals surface area (Å²) in [5, 5.41) is 0. The fraction of sp³-hybridized carbons (Fsp3) is 0.778. The Morgan fingerprint density at radius 1 is 0.818 bits per heavy atom. The minimum atomic E-state index is -0.311. The average molecular weight is 310 g/mol. The lowest BCUT2D eigenvalue weighted by Gasteiger charge is -2.05. The van der Waals surface area contributed by atoms with Crippen molar-refractivity contribution in [3.8, 4) is 12.3 Å². The quantitative estimate of drug-likeness (QED) is 0.276. The number of esters is 2. The topological polar surface area (TPSA) is 52.6 Å². The molecule has 0 aromatic rings. The highest BCUT2D eigenvalue weighted by Gasteiger charge is 2.05. The second-order valence-corrected chi connectivity index (χ2v) is 5.41. The zero-order chi connectivity index (χ0) is 16.5. The number of carbonyl (C=O) groups is 2. The average Bonchev–Trinajstić information content (AvgIpc) is 2.52. The summed E-state index contributed by atoms with van der Waals surface area (Å²) < 4.78 is 9.89. The van der Waals surface area contributed by atoms with Crippen LogP contribution in [0.3, 0.4) is 0 Å². The van der Waals surface area contributed by atoms with E-state index in [1.807, 2.05) is 0 Å². The monoisotopic (exact) mass is 310 g/mol. The Balaban J connectivity index is 3.29. The molecule has 0 spiro atoms. The molecule has 4 heteroatoms. The molecule has 0 unspecified atom stereocenters. The van der Waals surface area contributed by atoms with Gasteiger partial charge in [-0.2, -0.15) is 0 Å². The van der Waals surface area contributed by atoms with Crippen LogP contribution in [-0.2, 0) is 19.1 Å². The van der Waals surface area contributed by atoms with E-state index in [0.717, 1.165) is 12.8 Å². The van der Waals surface area contributed by atoms with Gasteiger partial charge in [-0.05, 0) is 19.3 Å². The molecule has 0 atom stereocenters. The Bertz CT molecular complexity index is 330. The first-order valence-electron chi connectivity index (χ1n) is 8.45. The Hall–Kier alpha value is -1.50. The summed E-state index contributed by atoms with van der Waals surface area (Å²) >= 11 is 0. The molecular formula is C18H30O4. The van der Waals surface area contributed by atoms with Gasteiger partial charge in [-0.25, -0.2) is 0 Å². The van der Waals surface area contributed by atoms with Crippen molar-refractivity contribution in [2.45, 2.75) is 77.6 Å². The first-order chi connectivity index (χ1) is 10.7. The summed E-state index contributed by atoms with van der Waals surface area (Å²) in [4.78, 5) is 22.6. The number of ether oxygens (including phenoxy) is 2. The number of carbonyl (C=O) groups excluding carboxylic acids is 2. The van der Waals surface area contributed by atoms with Gasteiger partial charge in [0.05, 0.1) is 6.61 Å². The molecule has 0 amide bonds. The Labute approximate surface area is 134 Å². The largest absolute Gasteiger partial charge is 0.466 e. The molecule has 4 nitrogen and oxygen atoms in total. The highest BCUT2D eigenvalue weighted by Crippen LogP contribution is 2.07. The minimum Gasteiger partial charge on any atom is -0.466 e. The van der Waals surface area contributed by atoms with E-state index in [1.165, 1.54) is 32.1 Å². The minimum absolute atomic E-state index is 0.0132. The molecule has 0 aromatic heterocycles. The van der Waals surface area contributed by atoms with Crippen LogP contribution in [0.2, 0.25) is 0 Å². The molecule has 0 radical (unpaired) electrons. The van der Waals surface area contributed by atoms with Crippen LogP contribution in [0.25, 0.3) is 0 Å². The van der Waals surface area contributed by atoms with Gasteiger partial charge in [0.25, 0.3) is 0 Å². The molecule has 0 rings (SSSR count). The molecule has 0 saturated carbocycles. The summed E-state index contributed by atoms with van der Waals surface area (Å²) in [7, 11) is 0. The zero-order valence-corrected chi connectivity index (χ0v) is 13.9. The standard InChI is InChI=1S/C18H30O4/c1-3-5-6-7-8-9-12-16-22-18(20)14-11-10-13-17(19)21-15-4-2/h2H,3,5-16H2,1H3. The lowest BCUT2D eigenvalue weighted by Crippen LogP contribution is -2.07. The van der Waals surface area contributed by atoms with Crippen LogP contribution in [0.4, 0.5) is 0 Å². The van der Waals surface area contributed by atoms with E-state index in [9.17, 15) is 9.59 Å². The first-order valence-corrected chi connectivity index (χ1v) is 8.45. The molecular weight excluding hydrogens is 280 g/mol. The van der Waals surface area contributed by atoms with Gasteiger partial charge in [0.15, 0.2) is 6.61 Å². The van der Waals surface area contributed by atoms with Gasteiger partial charge in [0.2, 0.25) is 0 Å². The van der Waals surface area contributed by atoms with Crippen LogP contribution in [0, 0.1) is 12.3 Å². The fourth-order valence-corrected chi connectivity index (χ4v) is 2.05. The number of unbranched alkanes of at least 4 members (excludes halogenated alkanes) is 7. The number of hydrogen-bond donors (Lipinski definition) is 0. The Morgan fingerprint density at radius 2 is 1.36 bits per heavy atom. The summed E-state index contributed by atoms with van der Waals surface area (Å²) in [6.07, 6.45) is 15.3. The van der Waals surface area contributed by atoms with Gasteiger partial charge in [-0.15, -0.1) is 6.42 Å². The van der Waals surface area contributed by atoms with E-state index in [1.54, 1.807) is 0 Å². The molecule has 0 aliphatic rings. The van der Waals surface area contributed by atoms with Gasteiger partial charge >= 0.3 is 11.9 Å². The summed E-state index contributed by atoms with van der Waals surface area (Å²) in [6, 6.07) is 0. The summed E-state index contributed by atoms with van der Waals surface area (Å²) in [6.45, 7) is 2.73. The second kappa shape index (κ2) is 15.9. The third kappa shape index (κ3) is 14.9. The van der Waals surface area contributed by atoms with Crippen molar-refractivity contribution < 1.29 is 19.1 Å². The third-order valence-electron chi connectivity index (χ3n) is 3.34. The van der Waals surface area contributed by atoms with Crippen LogP contribution in [0.1, 0.15) is 77.6 Å². The van der Waals surface area contributed by atoms with E-state index in [4.69, 9.17) is 15.9 Å². The van der Waals surface area contributed by atoms with E-state index < -0.39 is 0 Å². The lowest BCUT2D eigenvalue weighted by molar-refractivity contribution is -0.145. The molecule has 0 aromatic carbocycles. The molecule has 0 heterocycles. The van der Waals surface area contributed by atoms with E-state index in [-0.39, 0.29) is 18.5 Å². The van der Waals surface area contributed by atoms with Gasteiger partial charge < -0.3 is 9.47 Å². The SMILES string of the molecule is C#CCOC(=O)CCCCC(=O)OCCCCCCCCC. The van der Waals surface area contributed by atoms with Gasteiger partial charge in [0, 0.05) is 12.8 Å². The molecule has 0 bridgehead atoms. The maximum absolute atomic E-state index is 11.5. The van der Waals surface area contributed by atoms with E-state index >= 15 is 0 Å². The predicted molar refractivity (Wildman–Crippen MR) is 87.2 cm³/mol. The van der Waals surface area contributed by atoms with Crippen LogP contribution in [0.5, 0.6) is 0 Å². The Morgan fingerprint density at radius 3 is 1.95 bits per heavy atom. The predicted octanol–water partition coefficient (Wildman–Crippen LogP) is 4.02. The normalized spacial score (nSPS) is 10.0. The van der Waals surface area contributed by atoms with Crippen molar-refractivity contribution in [2.75, 3.05) is 13.2 Å². The summed E-state index contributed by atoms with van der Waals surface area (Å²) in [5.41, 5.74) is 0. The second-order valence-electron chi connectivity index (χ2n) is 5.41. The van der Waals surface area contributed by atoms with Crippen molar-refractivity contribution >= 4 is 11.9 Å². The van der Waals surface area contributed by atoms with Crippen molar-refractivity contribution in [1.82, 2.24) is 0 Å². The molecule has 22 heavy (non-hydrogen) atoms. The smallest absolute Gasteiger partial charge is 0.306 e. The van der Waals surface area contributed by atoms with E-state index in [2.05, 4.69) is 12.8 Å². The fourth-order valence-electron chi connectivity index (χ4n) is 2.05. The number of terminal acetylenes is 1. The van der Waals surface area contributed by atoms with Crippen LogP contribution < -0.4 is 0 Å². The first kappa shape index (κ1) is 20.5. The molecule has 126 valence electrons. The van der Waals surface area contributed by atoms with Crippen molar-refractivity contribution in [2.24, 2.45) is 0 Å². The van der Waals surface area contributed by atoms with Crippen LogP contribution in [-0.4, -0.2) is 25.2 Å². The summed E-state index contributed by atoms with van der Waals surface area (Å²) in [5.74, 6) is 1.75. The maximum atomic E-state index is 11.5. The van der Waals surface area contributed by atoms with E-state index in [0.29, 0.717) is 32.3 Å².